The van der Waals surface area contributed by atoms with Gasteiger partial charge in [0.1, 0.15) is 5.69 Å². The summed E-state index contributed by atoms with van der Waals surface area (Å²) in [6.45, 7) is 0. The van der Waals surface area contributed by atoms with Crippen molar-refractivity contribution in [3.8, 4) is 11.1 Å². The van der Waals surface area contributed by atoms with Gasteiger partial charge in [-0.2, -0.15) is 0 Å². The van der Waals surface area contributed by atoms with E-state index in [9.17, 15) is 13.2 Å². The molecule has 7 heteroatoms. The van der Waals surface area contributed by atoms with Crippen LogP contribution in [0.1, 0.15) is 10.5 Å². The lowest BCUT2D eigenvalue weighted by Gasteiger charge is -2.21. The zero-order valence-electron chi connectivity index (χ0n) is 16.6. The zero-order chi connectivity index (χ0) is 21.3. The molecular formula is C23H21N3O3S. The van der Waals surface area contributed by atoms with Gasteiger partial charge in [-0.1, -0.05) is 54.6 Å². The van der Waals surface area contributed by atoms with Gasteiger partial charge in [-0.3, -0.25) is 9.10 Å². The van der Waals surface area contributed by atoms with Gasteiger partial charge in [0, 0.05) is 18.0 Å². The monoisotopic (exact) mass is 419 g/mol. The predicted molar refractivity (Wildman–Crippen MR) is 121 cm³/mol. The molecule has 0 atom stereocenters. The lowest BCUT2D eigenvalue weighted by atomic mass is 10.0. The number of benzene rings is 3. The molecule has 2 N–H and O–H groups in total. The second-order valence-electron chi connectivity index (χ2n) is 7.05. The molecule has 0 saturated heterocycles. The number of aromatic nitrogens is 1. The van der Waals surface area contributed by atoms with Crippen molar-refractivity contribution in [3.63, 3.8) is 0 Å². The summed E-state index contributed by atoms with van der Waals surface area (Å²) >= 11 is 0. The van der Waals surface area contributed by atoms with Gasteiger partial charge in [-0.25, -0.2) is 8.42 Å². The van der Waals surface area contributed by atoms with Crippen LogP contribution >= 0.6 is 0 Å². The Hall–Kier alpha value is -3.58. The third-order valence-electron chi connectivity index (χ3n) is 4.96. The second kappa shape index (κ2) is 7.68. The van der Waals surface area contributed by atoms with Crippen molar-refractivity contribution in [3.05, 3.63) is 84.6 Å². The summed E-state index contributed by atoms with van der Waals surface area (Å²) in [5, 5.41) is 3.80. The van der Waals surface area contributed by atoms with Gasteiger partial charge < -0.3 is 10.3 Å². The lowest BCUT2D eigenvalue weighted by molar-refractivity contribution is 0.102. The largest absolute Gasteiger partial charge is 0.351 e. The number of amides is 1. The van der Waals surface area contributed by atoms with Crippen LogP contribution in [0.2, 0.25) is 0 Å². The maximum absolute atomic E-state index is 12.9. The first-order chi connectivity index (χ1) is 14.3. The zero-order valence-corrected chi connectivity index (χ0v) is 17.4. The van der Waals surface area contributed by atoms with E-state index in [1.807, 2.05) is 60.7 Å². The van der Waals surface area contributed by atoms with Crippen molar-refractivity contribution in [2.75, 3.05) is 22.9 Å². The van der Waals surface area contributed by atoms with Crippen molar-refractivity contribution in [2.24, 2.45) is 0 Å². The SMILES string of the molecule is CN(c1ccc(-c2ccccc2)cc1NC(=O)c1cc2ccccc2[nH]1)S(C)(=O)=O. The van der Waals surface area contributed by atoms with Crippen molar-refractivity contribution >= 4 is 38.2 Å². The fourth-order valence-electron chi connectivity index (χ4n) is 3.28. The molecule has 0 fully saturated rings. The number of nitrogens with zero attached hydrogens (tertiary/aromatic N) is 1. The van der Waals surface area contributed by atoms with E-state index in [0.717, 1.165) is 32.6 Å². The van der Waals surface area contributed by atoms with Crippen LogP contribution < -0.4 is 9.62 Å². The molecule has 0 spiro atoms. The fourth-order valence-corrected chi connectivity index (χ4v) is 3.80. The van der Waals surface area contributed by atoms with Crippen LogP contribution in [-0.4, -0.2) is 32.6 Å². The summed E-state index contributed by atoms with van der Waals surface area (Å²) in [5.74, 6) is -0.348. The third-order valence-corrected chi connectivity index (χ3v) is 6.15. The van der Waals surface area contributed by atoms with Gasteiger partial charge in [0.25, 0.3) is 5.91 Å². The van der Waals surface area contributed by atoms with E-state index in [2.05, 4.69) is 10.3 Å². The van der Waals surface area contributed by atoms with Gasteiger partial charge in [-0.05, 0) is 35.4 Å². The smallest absolute Gasteiger partial charge is 0.272 e. The summed E-state index contributed by atoms with van der Waals surface area (Å²) in [7, 11) is -2.04. The second-order valence-corrected chi connectivity index (χ2v) is 9.07. The minimum absolute atomic E-state index is 0.348. The van der Waals surface area contributed by atoms with E-state index in [0.29, 0.717) is 17.1 Å². The number of hydrogen-bond donors (Lipinski definition) is 2. The molecule has 0 bridgehead atoms. The highest BCUT2D eigenvalue weighted by atomic mass is 32.2. The van der Waals surface area contributed by atoms with Crippen LogP contribution in [0.4, 0.5) is 11.4 Å². The molecule has 0 aliphatic heterocycles. The Labute approximate surface area is 175 Å². The number of fused-ring (bicyclic) bond motifs is 1. The standard InChI is InChI=1S/C23H21N3O3S/c1-26(30(2,28)29)22-13-12-17(16-8-4-3-5-9-16)14-20(22)25-23(27)21-15-18-10-6-7-11-19(18)24-21/h3-15,24H,1-2H3,(H,25,27). The Kier molecular flexibility index (Phi) is 5.05. The van der Waals surface area contributed by atoms with E-state index in [-0.39, 0.29) is 5.91 Å². The molecule has 4 aromatic rings. The van der Waals surface area contributed by atoms with Crippen LogP contribution in [0.5, 0.6) is 0 Å². The summed E-state index contributed by atoms with van der Waals surface area (Å²) in [4.78, 5) is 16.0. The number of carbonyl (C=O) groups is 1. The Bertz CT molecular complexity index is 1300. The molecule has 0 unspecified atom stereocenters. The number of carbonyl (C=O) groups excluding carboxylic acids is 1. The average Bonchev–Trinajstić information content (AvgIpc) is 3.18. The first-order valence-corrected chi connectivity index (χ1v) is 11.2. The van der Waals surface area contributed by atoms with E-state index < -0.39 is 10.0 Å². The highest BCUT2D eigenvalue weighted by Crippen LogP contribution is 2.32. The molecule has 6 nitrogen and oxygen atoms in total. The summed E-state index contributed by atoms with van der Waals surface area (Å²) in [6.07, 6.45) is 1.13. The third kappa shape index (κ3) is 3.92. The lowest BCUT2D eigenvalue weighted by Crippen LogP contribution is -2.26. The number of hydrogen-bond acceptors (Lipinski definition) is 3. The molecule has 3 aromatic carbocycles. The Morgan fingerprint density at radius 3 is 2.30 bits per heavy atom. The van der Waals surface area contributed by atoms with Gasteiger partial charge in [-0.15, -0.1) is 0 Å². The predicted octanol–water partition coefficient (Wildman–Crippen LogP) is 4.48. The quantitative estimate of drug-likeness (QED) is 0.500. The van der Waals surface area contributed by atoms with Crippen LogP contribution in [0.3, 0.4) is 0 Å². The molecule has 0 saturated carbocycles. The highest BCUT2D eigenvalue weighted by molar-refractivity contribution is 7.92. The molecule has 4 rings (SSSR count). The van der Waals surface area contributed by atoms with Crippen molar-refractivity contribution in [1.29, 1.82) is 0 Å². The van der Waals surface area contributed by atoms with E-state index >= 15 is 0 Å². The van der Waals surface area contributed by atoms with Crippen molar-refractivity contribution in [1.82, 2.24) is 4.98 Å². The molecule has 0 aliphatic rings. The Balaban J connectivity index is 1.75. The number of para-hydroxylation sites is 1. The van der Waals surface area contributed by atoms with Gasteiger partial charge >= 0.3 is 0 Å². The van der Waals surface area contributed by atoms with Crippen LogP contribution in [-0.2, 0) is 10.0 Å². The summed E-state index contributed by atoms with van der Waals surface area (Å²) in [6, 6.07) is 24.4. The first kappa shape index (κ1) is 19.7. The molecule has 1 heterocycles. The molecule has 0 radical (unpaired) electrons. The minimum atomic E-state index is -3.50. The van der Waals surface area contributed by atoms with Crippen molar-refractivity contribution in [2.45, 2.75) is 0 Å². The maximum atomic E-state index is 12.9. The number of rotatable bonds is 5. The van der Waals surface area contributed by atoms with Crippen molar-refractivity contribution < 1.29 is 13.2 Å². The van der Waals surface area contributed by atoms with E-state index in [4.69, 9.17) is 0 Å². The number of sulfonamides is 1. The van der Waals surface area contributed by atoms with Gasteiger partial charge in [0.15, 0.2) is 0 Å². The van der Waals surface area contributed by atoms with Crippen LogP contribution in [0.15, 0.2) is 78.9 Å². The first-order valence-electron chi connectivity index (χ1n) is 9.35. The van der Waals surface area contributed by atoms with Crippen LogP contribution in [0, 0.1) is 0 Å². The topological polar surface area (TPSA) is 82.3 Å². The maximum Gasteiger partial charge on any atom is 0.272 e. The molecule has 30 heavy (non-hydrogen) atoms. The molecule has 152 valence electrons. The van der Waals surface area contributed by atoms with E-state index in [1.165, 1.54) is 7.05 Å². The number of H-pyrrole nitrogens is 1. The molecule has 1 amide bonds. The number of nitrogens with one attached hydrogen (secondary N) is 2. The Morgan fingerprint density at radius 2 is 1.60 bits per heavy atom. The summed E-state index contributed by atoms with van der Waals surface area (Å²) < 4.78 is 25.4. The molecule has 0 aliphatic carbocycles. The van der Waals surface area contributed by atoms with Crippen LogP contribution in [0.25, 0.3) is 22.0 Å². The fraction of sp³-hybridized carbons (Fsp3) is 0.0870. The normalized spacial score (nSPS) is 11.4. The van der Waals surface area contributed by atoms with Gasteiger partial charge in [0.05, 0.1) is 17.6 Å². The summed E-state index contributed by atoms with van der Waals surface area (Å²) in [5.41, 5.74) is 3.89. The number of aromatic amines is 1. The minimum Gasteiger partial charge on any atom is -0.351 e. The number of anilines is 2. The highest BCUT2D eigenvalue weighted by Gasteiger charge is 2.19. The molecule has 1 aromatic heterocycles. The Morgan fingerprint density at radius 1 is 0.900 bits per heavy atom. The average molecular weight is 420 g/mol. The van der Waals surface area contributed by atoms with E-state index in [1.54, 1.807) is 18.2 Å². The molecular weight excluding hydrogens is 398 g/mol. The van der Waals surface area contributed by atoms with Gasteiger partial charge in [0.2, 0.25) is 10.0 Å².